The molecular weight excluding hydrogens is 384 g/mol. The van der Waals surface area contributed by atoms with Gasteiger partial charge in [0.25, 0.3) is 0 Å². The molecule has 0 aliphatic rings. The summed E-state index contributed by atoms with van der Waals surface area (Å²) in [6, 6.07) is 16.2. The summed E-state index contributed by atoms with van der Waals surface area (Å²) in [5, 5.41) is 11.7. The van der Waals surface area contributed by atoms with Gasteiger partial charge < -0.3 is 10.3 Å². The fourth-order valence-electron chi connectivity index (χ4n) is 3.30. The molecule has 0 bridgehead atoms. The molecule has 0 aliphatic heterocycles. The Morgan fingerprint density at radius 3 is 2.55 bits per heavy atom. The molecule has 7 heteroatoms. The summed E-state index contributed by atoms with van der Waals surface area (Å²) in [7, 11) is 0. The first-order valence-electron chi connectivity index (χ1n) is 9.14. The fraction of sp³-hybridized carbons (Fsp3) is 0.0455. The largest absolute Gasteiger partial charge is 0.359 e. The minimum Gasteiger partial charge on any atom is -0.359 e. The lowest BCUT2D eigenvalue weighted by atomic mass is 10.1. The van der Waals surface area contributed by atoms with Crippen molar-refractivity contribution in [3.8, 4) is 22.5 Å². The van der Waals surface area contributed by atoms with Crippen LogP contribution >= 0.6 is 11.6 Å². The summed E-state index contributed by atoms with van der Waals surface area (Å²) in [5.74, 6) is 1.18. The van der Waals surface area contributed by atoms with E-state index in [1.54, 1.807) is 12.4 Å². The second-order valence-corrected chi connectivity index (χ2v) is 7.24. The molecule has 0 saturated heterocycles. The summed E-state index contributed by atoms with van der Waals surface area (Å²) in [5.41, 5.74) is 6.11. The molecule has 0 radical (unpaired) electrons. The third kappa shape index (κ3) is 3.46. The van der Waals surface area contributed by atoms with Gasteiger partial charge in [-0.3, -0.25) is 5.10 Å². The molecule has 5 rings (SSSR count). The number of hydrogen-bond donors (Lipinski definition) is 3. The van der Waals surface area contributed by atoms with Gasteiger partial charge >= 0.3 is 0 Å². The Kier molecular flexibility index (Phi) is 4.26. The summed E-state index contributed by atoms with van der Waals surface area (Å²) < 4.78 is 0. The fourth-order valence-corrected chi connectivity index (χ4v) is 3.43. The molecule has 0 unspecified atom stereocenters. The van der Waals surface area contributed by atoms with Crippen LogP contribution in [-0.4, -0.2) is 25.1 Å². The average Bonchev–Trinajstić information content (AvgIpc) is 3.38. The van der Waals surface area contributed by atoms with Gasteiger partial charge in [-0.05, 0) is 42.1 Å². The molecule has 0 atom stereocenters. The Morgan fingerprint density at radius 1 is 0.931 bits per heavy atom. The molecule has 0 saturated carbocycles. The van der Waals surface area contributed by atoms with Gasteiger partial charge in [0.05, 0.1) is 12.4 Å². The Bertz CT molecular complexity index is 1290. The predicted octanol–water partition coefficient (Wildman–Crippen LogP) is 5.72. The van der Waals surface area contributed by atoms with Crippen molar-refractivity contribution in [3.63, 3.8) is 0 Å². The topological polar surface area (TPSA) is 82.3 Å². The highest BCUT2D eigenvalue weighted by Crippen LogP contribution is 2.28. The first-order chi connectivity index (χ1) is 14.2. The number of aryl methyl sites for hydroxylation is 1. The van der Waals surface area contributed by atoms with Crippen LogP contribution in [0.3, 0.4) is 0 Å². The Balaban J connectivity index is 1.44. The standard InChI is InChI=1S/C22H17ClN6/c1-13-8-15-2-3-16(9-20(15)27-13)21-24-12-19(23)22(29-21)28-18-6-4-14(5-7-18)17-10-25-26-11-17/h2-12,27H,1H3,(H,25,26)(H,24,28,29). The van der Waals surface area contributed by atoms with Crippen LogP contribution in [0.4, 0.5) is 11.5 Å². The number of rotatable bonds is 4. The first kappa shape index (κ1) is 17.5. The molecule has 3 heterocycles. The highest BCUT2D eigenvalue weighted by Gasteiger charge is 2.10. The van der Waals surface area contributed by atoms with Crippen LogP contribution in [0.5, 0.6) is 0 Å². The molecule has 142 valence electrons. The van der Waals surface area contributed by atoms with Crippen LogP contribution in [0.1, 0.15) is 5.69 Å². The zero-order chi connectivity index (χ0) is 19.8. The van der Waals surface area contributed by atoms with Crippen molar-refractivity contribution in [1.82, 2.24) is 25.1 Å². The number of halogens is 1. The molecule has 2 aromatic carbocycles. The van der Waals surface area contributed by atoms with Gasteiger partial charge in [0.2, 0.25) is 0 Å². The van der Waals surface area contributed by atoms with Crippen molar-refractivity contribution < 1.29 is 0 Å². The average molecular weight is 401 g/mol. The maximum absolute atomic E-state index is 6.34. The number of anilines is 2. The van der Waals surface area contributed by atoms with Crippen LogP contribution in [0, 0.1) is 6.92 Å². The van der Waals surface area contributed by atoms with Gasteiger partial charge in [-0.2, -0.15) is 5.10 Å². The Labute approximate surface area is 172 Å². The number of fused-ring (bicyclic) bond motifs is 1. The highest BCUT2D eigenvalue weighted by molar-refractivity contribution is 6.32. The van der Waals surface area contributed by atoms with E-state index >= 15 is 0 Å². The zero-order valence-electron chi connectivity index (χ0n) is 15.6. The van der Waals surface area contributed by atoms with Crippen molar-refractivity contribution >= 4 is 34.0 Å². The highest BCUT2D eigenvalue weighted by atomic mass is 35.5. The normalized spacial score (nSPS) is 11.1. The SMILES string of the molecule is Cc1cc2ccc(-c3ncc(Cl)c(Nc4ccc(-c5cn[nH]c5)cc4)n3)cc2[nH]1. The number of nitrogens with zero attached hydrogens (tertiary/aromatic N) is 3. The van der Waals surface area contributed by atoms with Gasteiger partial charge in [-0.25, -0.2) is 9.97 Å². The van der Waals surface area contributed by atoms with E-state index < -0.39 is 0 Å². The molecule has 3 N–H and O–H groups in total. The smallest absolute Gasteiger partial charge is 0.161 e. The van der Waals surface area contributed by atoms with E-state index in [2.05, 4.69) is 48.7 Å². The number of benzene rings is 2. The predicted molar refractivity (Wildman–Crippen MR) is 116 cm³/mol. The minimum atomic E-state index is 0.462. The monoisotopic (exact) mass is 400 g/mol. The van der Waals surface area contributed by atoms with Crippen molar-refractivity contribution in [1.29, 1.82) is 0 Å². The van der Waals surface area contributed by atoms with Crippen molar-refractivity contribution in [3.05, 3.63) is 77.8 Å². The summed E-state index contributed by atoms with van der Waals surface area (Å²) in [6.07, 6.45) is 5.27. The first-order valence-corrected chi connectivity index (χ1v) is 9.52. The lowest BCUT2D eigenvalue weighted by Crippen LogP contribution is -1.98. The van der Waals surface area contributed by atoms with Crippen molar-refractivity contribution in [2.45, 2.75) is 6.92 Å². The molecule has 0 fully saturated rings. The lowest BCUT2D eigenvalue weighted by molar-refractivity contribution is 1.09. The number of aromatic amines is 2. The quantitative estimate of drug-likeness (QED) is 0.360. The van der Waals surface area contributed by atoms with E-state index in [9.17, 15) is 0 Å². The minimum absolute atomic E-state index is 0.462. The van der Waals surface area contributed by atoms with Gasteiger partial charge in [0.15, 0.2) is 11.6 Å². The molecular formula is C22H17ClN6. The molecule has 0 spiro atoms. The van der Waals surface area contributed by atoms with E-state index in [1.165, 1.54) is 0 Å². The summed E-state index contributed by atoms with van der Waals surface area (Å²) in [4.78, 5) is 12.4. The Hall–Kier alpha value is -3.64. The zero-order valence-corrected chi connectivity index (χ0v) is 16.3. The third-order valence-corrected chi connectivity index (χ3v) is 5.02. The molecule has 5 aromatic rings. The van der Waals surface area contributed by atoms with Crippen LogP contribution in [0.25, 0.3) is 33.4 Å². The Morgan fingerprint density at radius 2 is 1.76 bits per heavy atom. The van der Waals surface area contributed by atoms with Gasteiger partial charge in [-0.15, -0.1) is 0 Å². The van der Waals surface area contributed by atoms with E-state index in [1.807, 2.05) is 43.5 Å². The molecule has 0 aliphatic carbocycles. The van der Waals surface area contributed by atoms with Crippen molar-refractivity contribution in [2.24, 2.45) is 0 Å². The van der Waals surface area contributed by atoms with Crippen LogP contribution in [0.15, 0.2) is 67.1 Å². The van der Waals surface area contributed by atoms with E-state index in [0.717, 1.165) is 39.0 Å². The number of aromatic nitrogens is 5. The molecule has 6 nitrogen and oxygen atoms in total. The van der Waals surface area contributed by atoms with Gasteiger partial charge in [0, 0.05) is 34.2 Å². The molecule has 0 amide bonds. The maximum atomic E-state index is 6.34. The van der Waals surface area contributed by atoms with Gasteiger partial charge in [0.1, 0.15) is 5.02 Å². The number of hydrogen-bond acceptors (Lipinski definition) is 4. The van der Waals surface area contributed by atoms with Crippen LogP contribution in [0.2, 0.25) is 5.02 Å². The summed E-state index contributed by atoms with van der Waals surface area (Å²) in [6.45, 7) is 2.04. The van der Waals surface area contributed by atoms with E-state index in [0.29, 0.717) is 16.7 Å². The van der Waals surface area contributed by atoms with Crippen molar-refractivity contribution in [2.75, 3.05) is 5.32 Å². The van der Waals surface area contributed by atoms with E-state index in [-0.39, 0.29) is 0 Å². The maximum Gasteiger partial charge on any atom is 0.161 e. The third-order valence-electron chi connectivity index (χ3n) is 4.74. The van der Waals surface area contributed by atoms with E-state index in [4.69, 9.17) is 11.6 Å². The molecule has 29 heavy (non-hydrogen) atoms. The van der Waals surface area contributed by atoms with Gasteiger partial charge in [-0.1, -0.05) is 35.9 Å². The van der Waals surface area contributed by atoms with Crippen LogP contribution in [-0.2, 0) is 0 Å². The number of nitrogens with one attached hydrogen (secondary N) is 3. The summed E-state index contributed by atoms with van der Waals surface area (Å²) >= 11 is 6.34. The molecule has 3 aromatic heterocycles. The van der Waals surface area contributed by atoms with Crippen LogP contribution < -0.4 is 5.32 Å². The second-order valence-electron chi connectivity index (χ2n) is 6.83. The number of H-pyrrole nitrogens is 2. The second kappa shape index (κ2) is 7.07. The lowest BCUT2D eigenvalue weighted by Gasteiger charge is -2.10.